The number of hydrogen-bond donors (Lipinski definition) is 0. The molecule has 3 rings (SSSR count). The zero-order valence-corrected chi connectivity index (χ0v) is 10.3. The summed E-state index contributed by atoms with van der Waals surface area (Å²) in [6, 6.07) is 11.7. The Morgan fingerprint density at radius 2 is 1.94 bits per heavy atom. The SMILES string of the molecule is c1ccc(CN(C[C@H]2CCOC2)C2CC2)cc1. The van der Waals surface area contributed by atoms with Gasteiger partial charge in [-0.1, -0.05) is 30.3 Å². The minimum Gasteiger partial charge on any atom is -0.381 e. The van der Waals surface area contributed by atoms with E-state index in [1.165, 1.54) is 31.4 Å². The highest BCUT2D eigenvalue weighted by Crippen LogP contribution is 2.30. The van der Waals surface area contributed by atoms with Crippen molar-refractivity contribution in [3.05, 3.63) is 35.9 Å². The summed E-state index contributed by atoms with van der Waals surface area (Å²) in [7, 11) is 0. The zero-order valence-electron chi connectivity index (χ0n) is 10.3. The maximum absolute atomic E-state index is 5.48. The first kappa shape index (κ1) is 11.2. The summed E-state index contributed by atoms with van der Waals surface area (Å²) < 4.78 is 5.48. The zero-order chi connectivity index (χ0) is 11.5. The summed E-state index contributed by atoms with van der Waals surface area (Å²) in [4.78, 5) is 2.66. The quantitative estimate of drug-likeness (QED) is 0.772. The van der Waals surface area contributed by atoms with Crippen molar-refractivity contribution in [2.24, 2.45) is 5.92 Å². The first-order chi connectivity index (χ1) is 8.42. The van der Waals surface area contributed by atoms with Crippen molar-refractivity contribution in [2.45, 2.75) is 31.8 Å². The van der Waals surface area contributed by atoms with Crippen molar-refractivity contribution in [3.8, 4) is 0 Å². The van der Waals surface area contributed by atoms with Gasteiger partial charge < -0.3 is 4.74 Å². The Morgan fingerprint density at radius 3 is 2.59 bits per heavy atom. The van der Waals surface area contributed by atoms with Crippen LogP contribution in [0, 0.1) is 5.92 Å². The minimum absolute atomic E-state index is 0.763. The van der Waals surface area contributed by atoms with Crippen LogP contribution in [0.25, 0.3) is 0 Å². The number of benzene rings is 1. The van der Waals surface area contributed by atoms with Gasteiger partial charge >= 0.3 is 0 Å². The predicted octanol–water partition coefficient (Wildman–Crippen LogP) is 2.69. The monoisotopic (exact) mass is 231 g/mol. The molecule has 1 aromatic rings. The summed E-state index contributed by atoms with van der Waals surface area (Å²) in [6.07, 6.45) is 4.03. The van der Waals surface area contributed by atoms with E-state index in [0.29, 0.717) is 0 Å². The lowest BCUT2D eigenvalue weighted by Gasteiger charge is -2.24. The van der Waals surface area contributed by atoms with Gasteiger partial charge in [0.2, 0.25) is 0 Å². The normalized spacial score (nSPS) is 24.4. The molecule has 0 radical (unpaired) electrons. The van der Waals surface area contributed by atoms with E-state index in [9.17, 15) is 0 Å². The van der Waals surface area contributed by atoms with E-state index in [0.717, 1.165) is 31.7 Å². The Morgan fingerprint density at radius 1 is 1.12 bits per heavy atom. The number of nitrogens with zero attached hydrogens (tertiary/aromatic N) is 1. The largest absolute Gasteiger partial charge is 0.381 e. The number of rotatable bonds is 5. The van der Waals surface area contributed by atoms with E-state index in [1.807, 2.05) is 0 Å². The van der Waals surface area contributed by atoms with Crippen LogP contribution in [0.15, 0.2) is 30.3 Å². The molecule has 0 unspecified atom stereocenters. The Hall–Kier alpha value is -0.860. The molecule has 0 bridgehead atoms. The molecule has 17 heavy (non-hydrogen) atoms. The van der Waals surface area contributed by atoms with Crippen LogP contribution in [0.1, 0.15) is 24.8 Å². The second-order valence-electron chi connectivity index (χ2n) is 5.38. The molecule has 1 saturated heterocycles. The average Bonchev–Trinajstić information content (AvgIpc) is 3.09. The third-order valence-electron chi connectivity index (χ3n) is 3.81. The van der Waals surface area contributed by atoms with Gasteiger partial charge in [0, 0.05) is 25.7 Å². The standard InChI is InChI=1S/C15H21NO/c1-2-4-13(5-3-1)10-16(15-6-7-15)11-14-8-9-17-12-14/h1-5,14-15H,6-12H2/t14-/m1/s1. The lowest BCUT2D eigenvalue weighted by atomic mass is 10.1. The molecule has 0 N–H and O–H groups in total. The van der Waals surface area contributed by atoms with Crippen molar-refractivity contribution in [1.29, 1.82) is 0 Å². The highest BCUT2D eigenvalue weighted by molar-refractivity contribution is 5.15. The summed E-state index contributed by atoms with van der Waals surface area (Å²) >= 11 is 0. The van der Waals surface area contributed by atoms with E-state index in [-0.39, 0.29) is 0 Å². The van der Waals surface area contributed by atoms with Crippen molar-refractivity contribution < 1.29 is 4.74 Å². The molecular weight excluding hydrogens is 210 g/mol. The first-order valence-corrected chi connectivity index (χ1v) is 6.77. The Kier molecular flexibility index (Phi) is 3.44. The third-order valence-corrected chi connectivity index (χ3v) is 3.81. The fourth-order valence-corrected chi connectivity index (χ4v) is 2.66. The van der Waals surface area contributed by atoms with Crippen molar-refractivity contribution in [3.63, 3.8) is 0 Å². The maximum atomic E-state index is 5.48. The summed E-state index contributed by atoms with van der Waals surface area (Å²) in [5, 5.41) is 0. The summed E-state index contributed by atoms with van der Waals surface area (Å²) in [5.41, 5.74) is 1.44. The van der Waals surface area contributed by atoms with E-state index in [2.05, 4.69) is 35.2 Å². The van der Waals surface area contributed by atoms with Crippen LogP contribution >= 0.6 is 0 Å². The van der Waals surface area contributed by atoms with Crippen molar-refractivity contribution in [1.82, 2.24) is 4.90 Å². The topological polar surface area (TPSA) is 12.5 Å². The molecule has 1 saturated carbocycles. The van der Waals surface area contributed by atoms with Gasteiger partial charge in [-0.15, -0.1) is 0 Å². The second-order valence-corrected chi connectivity index (χ2v) is 5.38. The van der Waals surface area contributed by atoms with Gasteiger partial charge in [-0.3, -0.25) is 4.90 Å². The molecule has 92 valence electrons. The Labute approximate surface area is 104 Å². The Balaban J connectivity index is 1.60. The van der Waals surface area contributed by atoms with Crippen LogP contribution in [-0.2, 0) is 11.3 Å². The molecule has 1 aromatic carbocycles. The van der Waals surface area contributed by atoms with E-state index < -0.39 is 0 Å². The fourth-order valence-electron chi connectivity index (χ4n) is 2.66. The van der Waals surface area contributed by atoms with Gasteiger partial charge in [0.15, 0.2) is 0 Å². The molecular formula is C15H21NO. The van der Waals surface area contributed by atoms with E-state index in [1.54, 1.807) is 0 Å². The highest BCUT2D eigenvalue weighted by atomic mass is 16.5. The maximum Gasteiger partial charge on any atom is 0.0507 e. The molecule has 2 nitrogen and oxygen atoms in total. The Bertz CT molecular complexity index is 341. The van der Waals surface area contributed by atoms with E-state index >= 15 is 0 Å². The minimum atomic E-state index is 0.763. The van der Waals surface area contributed by atoms with Gasteiger partial charge in [0.1, 0.15) is 0 Å². The number of hydrogen-bond acceptors (Lipinski definition) is 2. The molecule has 2 fully saturated rings. The van der Waals surface area contributed by atoms with Crippen LogP contribution in [0.4, 0.5) is 0 Å². The smallest absolute Gasteiger partial charge is 0.0507 e. The number of ether oxygens (including phenoxy) is 1. The predicted molar refractivity (Wildman–Crippen MR) is 68.8 cm³/mol. The van der Waals surface area contributed by atoms with Gasteiger partial charge in [0.25, 0.3) is 0 Å². The van der Waals surface area contributed by atoms with Crippen LogP contribution in [0.2, 0.25) is 0 Å². The molecule has 0 amide bonds. The molecule has 1 aliphatic heterocycles. The molecule has 1 aliphatic carbocycles. The van der Waals surface area contributed by atoms with Gasteiger partial charge in [-0.2, -0.15) is 0 Å². The van der Waals surface area contributed by atoms with Crippen LogP contribution in [0.5, 0.6) is 0 Å². The first-order valence-electron chi connectivity index (χ1n) is 6.77. The summed E-state index contributed by atoms with van der Waals surface area (Å²) in [6.45, 7) is 4.27. The molecule has 2 heteroatoms. The third kappa shape index (κ3) is 3.08. The highest BCUT2D eigenvalue weighted by Gasteiger charge is 2.31. The lowest BCUT2D eigenvalue weighted by Crippen LogP contribution is -2.31. The average molecular weight is 231 g/mol. The van der Waals surface area contributed by atoms with Gasteiger partial charge in [-0.05, 0) is 30.7 Å². The van der Waals surface area contributed by atoms with E-state index in [4.69, 9.17) is 4.74 Å². The van der Waals surface area contributed by atoms with Gasteiger partial charge in [0.05, 0.1) is 6.61 Å². The molecule has 0 spiro atoms. The van der Waals surface area contributed by atoms with Crippen molar-refractivity contribution in [2.75, 3.05) is 19.8 Å². The second kappa shape index (κ2) is 5.19. The van der Waals surface area contributed by atoms with Crippen LogP contribution in [0.3, 0.4) is 0 Å². The molecule has 1 atom stereocenters. The van der Waals surface area contributed by atoms with Crippen LogP contribution < -0.4 is 0 Å². The van der Waals surface area contributed by atoms with Gasteiger partial charge in [-0.25, -0.2) is 0 Å². The fraction of sp³-hybridized carbons (Fsp3) is 0.600. The summed E-state index contributed by atoms with van der Waals surface area (Å²) in [5.74, 6) is 0.763. The van der Waals surface area contributed by atoms with Crippen molar-refractivity contribution >= 4 is 0 Å². The van der Waals surface area contributed by atoms with Crippen LogP contribution in [-0.4, -0.2) is 30.7 Å². The molecule has 1 heterocycles. The lowest BCUT2D eigenvalue weighted by molar-refractivity contribution is 0.161. The molecule has 0 aromatic heterocycles. The molecule has 2 aliphatic rings.